The summed E-state index contributed by atoms with van der Waals surface area (Å²) in [6.07, 6.45) is 5.56. The van der Waals surface area contributed by atoms with Crippen LogP contribution in [0.5, 0.6) is 0 Å². The second kappa shape index (κ2) is 6.86. The van der Waals surface area contributed by atoms with Crippen LogP contribution in [-0.2, 0) is 4.79 Å². The van der Waals surface area contributed by atoms with Crippen molar-refractivity contribution >= 4 is 5.91 Å². The van der Waals surface area contributed by atoms with Crippen LogP contribution in [0.4, 0.5) is 0 Å². The lowest BCUT2D eigenvalue weighted by Crippen LogP contribution is -2.33. The summed E-state index contributed by atoms with van der Waals surface area (Å²) >= 11 is 0. The first kappa shape index (κ1) is 13.5. The summed E-state index contributed by atoms with van der Waals surface area (Å²) in [5.41, 5.74) is 5.80. The highest BCUT2D eigenvalue weighted by Gasteiger charge is 2.29. The molecular formula is C12H24N2O2. The summed E-state index contributed by atoms with van der Waals surface area (Å²) in [5, 5.41) is 8.65. The summed E-state index contributed by atoms with van der Waals surface area (Å²) in [6.45, 7) is 1.04. The van der Waals surface area contributed by atoms with Gasteiger partial charge < -0.3 is 15.7 Å². The van der Waals surface area contributed by atoms with Crippen LogP contribution in [0.1, 0.15) is 38.5 Å². The Hall–Kier alpha value is -0.610. The molecule has 0 aromatic rings. The maximum atomic E-state index is 12.0. The van der Waals surface area contributed by atoms with Gasteiger partial charge in [-0.15, -0.1) is 0 Å². The van der Waals surface area contributed by atoms with Crippen molar-refractivity contribution in [2.75, 3.05) is 20.2 Å². The normalized spacial score (nSPS) is 24.7. The van der Waals surface area contributed by atoms with E-state index in [0.29, 0.717) is 0 Å². The minimum absolute atomic E-state index is 0.151. The summed E-state index contributed by atoms with van der Waals surface area (Å²) in [6, 6.07) is 0.219. The number of aliphatic hydroxyl groups excluding tert-OH is 1. The molecule has 94 valence electrons. The topological polar surface area (TPSA) is 66.6 Å². The van der Waals surface area contributed by atoms with E-state index in [4.69, 9.17) is 10.8 Å². The zero-order chi connectivity index (χ0) is 12.0. The van der Waals surface area contributed by atoms with Crippen LogP contribution in [0.15, 0.2) is 0 Å². The van der Waals surface area contributed by atoms with E-state index in [1.54, 1.807) is 0 Å². The van der Waals surface area contributed by atoms with Crippen molar-refractivity contribution in [3.63, 3.8) is 0 Å². The van der Waals surface area contributed by atoms with Crippen molar-refractivity contribution in [3.05, 3.63) is 0 Å². The highest BCUT2D eigenvalue weighted by molar-refractivity contribution is 5.78. The summed E-state index contributed by atoms with van der Waals surface area (Å²) < 4.78 is 0. The third-order valence-corrected chi connectivity index (χ3v) is 3.35. The van der Waals surface area contributed by atoms with Crippen LogP contribution in [0.25, 0.3) is 0 Å². The minimum atomic E-state index is 0.151. The number of carbonyl (C=O) groups is 1. The van der Waals surface area contributed by atoms with Gasteiger partial charge >= 0.3 is 0 Å². The van der Waals surface area contributed by atoms with Gasteiger partial charge in [-0.3, -0.25) is 4.79 Å². The molecule has 4 nitrogen and oxygen atoms in total. The fraction of sp³-hybridized carbons (Fsp3) is 0.917. The van der Waals surface area contributed by atoms with Gasteiger partial charge in [-0.1, -0.05) is 0 Å². The molecule has 1 amide bonds. The van der Waals surface area contributed by atoms with E-state index in [2.05, 4.69) is 0 Å². The Labute approximate surface area is 97.8 Å². The van der Waals surface area contributed by atoms with E-state index in [-0.39, 0.29) is 24.5 Å². The number of hydrogen-bond acceptors (Lipinski definition) is 3. The van der Waals surface area contributed by atoms with Crippen molar-refractivity contribution in [1.29, 1.82) is 0 Å². The number of aliphatic hydroxyl groups is 1. The highest BCUT2D eigenvalue weighted by atomic mass is 16.2. The number of rotatable bonds is 6. The van der Waals surface area contributed by atoms with Crippen LogP contribution in [0, 0.1) is 5.92 Å². The van der Waals surface area contributed by atoms with Crippen LogP contribution in [0.3, 0.4) is 0 Å². The van der Waals surface area contributed by atoms with Crippen molar-refractivity contribution in [2.24, 2.45) is 11.7 Å². The number of unbranched alkanes of at least 4 members (excludes halogenated alkanes) is 2. The molecule has 0 spiro atoms. The molecule has 3 N–H and O–H groups in total. The number of nitrogens with two attached hydrogens (primary N) is 1. The quantitative estimate of drug-likeness (QED) is 0.659. The number of hydrogen-bond donors (Lipinski definition) is 2. The van der Waals surface area contributed by atoms with Gasteiger partial charge in [0.2, 0.25) is 5.91 Å². The van der Waals surface area contributed by atoms with Crippen molar-refractivity contribution < 1.29 is 9.90 Å². The molecule has 1 saturated carbocycles. The van der Waals surface area contributed by atoms with Crippen LogP contribution in [0.2, 0.25) is 0 Å². The zero-order valence-electron chi connectivity index (χ0n) is 10.2. The van der Waals surface area contributed by atoms with E-state index in [9.17, 15) is 4.79 Å². The molecule has 0 aromatic heterocycles. The van der Waals surface area contributed by atoms with Crippen LogP contribution in [-0.4, -0.2) is 42.2 Å². The Bertz CT molecular complexity index is 221. The maximum absolute atomic E-state index is 12.0. The van der Waals surface area contributed by atoms with E-state index < -0.39 is 0 Å². The van der Waals surface area contributed by atoms with Crippen molar-refractivity contribution in [1.82, 2.24) is 4.90 Å². The first-order valence-electron chi connectivity index (χ1n) is 6.26. The van der Waals surface area contributed by atoms with Gasteiger partial charge in [0.05, 0.1) is 0 Å². The molecule has 1 aliphatic rings. The molecule has 0 heterocycles. The van der Waals surface area contributed by atoms with E-state index in [1.165, 1.54) is 0 Å². The second-order valence-corrected chi connectivity index (χ2v) is 4.81. The smallest absolute Gasteiger partial charge is 0.225 e. The predicted octanol–water partition coefficient (Wildman–Crippen LogP) is 0.735. The fourth-order valence-electron chi connectivity index (χ4n) is 2.30. The molecule has 16 heavy (non-hydrogen) atoms. The summed E-state index contributed by atoms with van der Waals surface area (Å²) in [5.74, 6) is 0.398. The molecule has 0 aromatic carbocycles. The molecule has 1 aliphatic carbocycles. The van der Waals surface area contributed by atoms with Crippen LogP contribution >= 0.6 is 0 Å². The monoisotopic (exact) mass is 228 g/mol. The number of amides is 1. The van der Waals surface area contributed by atoms with Gasteiger partial charge in [-0.2, -0.15) is 0 Å². The van der Waals surface area contributed by atoms with Gasteiger partial charge in [0, 0.05) is 32.2 Å². The van der Waals surface area contributed by atoms with Gasteiger partial charge in [-0.05, 0) is 38.5 Å². The van der Waals surface area contributed by atoms with Gasteiger partial charge in [0.1, 0.15) is 0 Å². The Morgan fingerprint density at radius 2 is 2.12 bits per heavy atom. The third-order valence-electron chi connectivity index (χ3n) is 3.35. The Kier molecular flexibility index (Phi) is 5.77. The molecule has 1 rings (SSSR count). The minimum Gasteiger partial charge on any atom is -0.396 e. The summed E-state index contributed by atoms with van der Waals surface area (Å²) in [7, 11) is 1.87. The molecule has 0 bridgehead atoms. The highest BCUT2D eigenvalue weighted by Crippen LogP contribution is 2.25. The first-order valence-corrected chi connectivity index (χ1v) is 6.26. The maximum Gasteiger partial charge on any atom is 0.225 e. The lowest BCUT2D eigenvalue weighted by molar-refractivity contribution is -0.134. The van der Waals surface area contributed by atoms with Crippen LogP contribution < -0.4 is 5.73 Å². The molecule has 2 unspecified atom stereocenters. The zero-order valence-corrected chi connectivity index (χ0v) is 10.2. The number of nitrogens with zero attached hydrogens (tertiary/aromatic N) is 1. The van der Waals surface area contributed by atoms with Gasteiger partial charge in [-0.25, -0.2) is 0 Å². The fourth-order valence-corrected chi connectivity index (χ4v) is 2.30. The Morgan fingerprint density at radius 3 is 2.69 bits per heavy atom. The predicted molar refractivity (Wildman–Crippen MR) is 63.9 cm³/mol. The second-order valence-electron chi connectivity index (χ2n) is 4.81. The molecule has 2 atom stereocenters. The Morgan fingerprint density at radius 1 is 1.38 bits per heavy atom. The molecule has 0 saturated heterocycles. The van der Waals surface area contributed by atoms with E-state index in [1.807, 2.05) is 11.9 Å². The SMILES string of the molecule is CN(CCCCCO)C(=O)C1CCC(N)C1. The van der Waals surface area contributed by atoms with Crippen molar-refractivity contribution in [3.8, 4) is 0 Å². The lowest BCUT2D eigenvalue weighted by Gasteiger charge is -2.20. The first-order chi connectivity index (χ1) is 7.65. The third kappa shape index (κ3) is 4.10. The van der Waals surface area contributed by atoms with Crippen molar-refractivity contribution in [2.45, 2.75) is 44.6 Å². The summed E-state index contributed by atoms with van der Waals surface area (Å²) in [4.78, 5) is 13.8. The molecule has 0 aliphatic heterocycles. The largest absolute Gasteiger partial charge is 0.396 e. The molecule has 0 radical (unpaired) electrons. The molecule has 4 heteroatoms. The van der Waals surface area contributed by atoms with Gasteiger partial charge in [0.15, 0.2) is 0 Å². The standard InChI is InChI=1S/C12H24N2O2/c1-14(7-3-2-4-8-15)12(16)10-5-6-11(13)9-10/h10-11,15H,2-9,13H2,1H3. The van der Waals surface area contributed by atoms with E-state index >= 15 is 0 Å². The average molecular weight is 228 g/mol. The molecular weight excluding hydrogens is 204 g/mol. The lowest BCUT2D eigenvalue weighted by atomic mass is 10.1. The van der Waals surface area contributed by atoms with E-state index in [0.717, 1.165) is 45.1 Å². The molecule has 1 fully saturated rings. The average Bonchev–Trinajstić information content (AvgIpc) is 2.70. The van der Waals surface area contributed by atoms with Gasteiger partial charge in [0.25, 0.3) is 0 Å². The number of carbonyl (C=O) groups excluding carboxylic acids is 1. The Balaban J connectivity index is 2.20.